The van der Waals surface area contributed by atoms with Gasteiger partial charge in [0.25, 0.3) is 0 Å². The first-order chi connectivity index (χ1) is 24.6. The van der Waals surface area contributed by atoms with Crippen molar-refractivity contribution in [3.05, 3.63) is 93.0 Å². The second-order valence-electron chi connectivity index (χ2n) is 11.3. The maximum absolute atomic E-state index is 10.8. The molecule has 0 aliphatic carbocycles. The fraction of sp³-hybridized carbons (Fsp3) is 0.333. The predicted molar refractivity (Wildman–Crippen MR) is 191 cm³/mol. The van der Waals surface area contributed by atoms with E-state index in [0.29, 0.717) is 81.9 Å². The smallest absolute Gasteiger partial charge is 0.306 e. The molecule has 2 aromatic carbocycles. The molecule has 0 amide bonds. The number of aliphatic carboxylic acids is 2. The zero-order valence-electron chi connectivity index (χ0n) is 28.2. The molecule has 0 bridgehead atoms. The van der Waals surface area contributed by atoms with Gasteiger partial charge in [0.2, 0.25) is 23.5 Å². The van der Waals surface area contributed by atoms with Gasteiger partial charge in [0.1, 0.15) is 13.2 Å². The Morgan fingerprint density at radius 1 is 0.725 bits per heavy atom. The lowest BCUT2D eigenvalue weighted by Gasteiger charge is -2.15. The highest BCUT2D eigenvalue weighted by molar-refractivity contribution is 6.37. The molecular weight excluding hydrogens is 703 g/mol. The maximum Gasteiger partial charge on any atom is 0.306 e. The van der Waals surface area contributed by atoms with Crippen LogP contribution in [0.15, 0.2) is 60.7 Å². The summed E-state index contributed by atoms with van der Waals surface area (Å²) in [4.78, 5) is 30.3. The summed E-state index contributed by atoms with van der Waals surface area (Å²) in [5.41, 5.74) is 4.37. The van der Waals surface area contributed by atoms with Crippen LogP contribution < -0.4 is 29.6 Å². The lowest BCUT2D eigenvalue weighted by Crippen LogP contribution is -2.28. The van der Waals surface area contributed by atoms with Crippen LogP contribution in [0.3, 0.4) is 0 Å². The van der Waals surface area contributed by atoms with E-state index in [4.69, 9.17) is 52.4 Å². The Bertz CT molecular complexity index is 1790. The van der Waals surface area contributed by atoms with E-state index in [1.54, 1.807) is 18.2 Å². The van der Waals surface area contributed by atoms with E-state index in [1.165, 1.54) is 14.2 Å². The minimum atomic E-state index is -1.07. The molecule has 272 valence electrons. The van der Waals surface area contributed by atoms with Crippen molar-refractivity contribution in [2.24, 2.45) is 0 Å². The molecule has 51 heavy (non-hydrogen) atoms. The molecule has 5 N–H and O–H groups in total. The van der Waals surface area contributed by atoms with Gasteiger partial charge in [-0.1, -0.05) is 59.6 Å². The standard InChI is InChI=1S/C36H40Cl2N4O9/c1-48-35-22(17-39-15-5-10-31(44)45)11-13-29(41-35)50-20-24-6-3-8-27(33(24)37)28-9-4-7-25(34(28)38)21-51-30-14-12-23(36(42-30)49-2)18-40-19-26(43)16-32(46)47/h3-4,6-9,11-14,26,39-40,43H,5,10,15-21H2,1-2H3,(H,44,45)(H,46,47)/t26-/m0/s1. The molecule has 0 spiro atoms. The number of carbonyl (C=O) groups is 2. The monoisotopic (exact) mass is 742 g/mol. The van der Waals surface area contributed by atoms with Gasteiger partial charge >= 0.3 is 11.9 Å². The summed E-state index contributed by atoms with van der Waals surface area (Å²) in [6, 6.07) is 18.2. The van der Waals surface area contributed by atoms with E-state index in [2.05, 4.69) is 20.6 Å². The molecule has 0 fully saturated rings. The van der Waals surface area contributed by atoms with Gasteiger partial charge in [0, 0.05) is 71.6 Å². The normalized spacial score (nSPS) is 11.5. The van der Waals surface area contributed by atoms with Gasteiger partial charge in [-0.3, -0.25) is 9.59 Å². The molecule has 0 aliphatic rings. The minimum absolute atomic E-state index is 0.0989. The van der Waals surface area contributed by atoms with Crippen LogP contribution in [0.25, 0.3) is 11.1 Å². The molecule has 4 aromatic rings. The second-order valence-corrected chi connectivity index (χ2v) is 12.1. The number of aromatic nitrogens is 2. The number of halogens is 2. The van der Waals surface area contributed by atoms with Crippen molar-refractivity contribution in [1.82, 2.24) is 20.6 Å². The van der Waals surface area contributed by atoms with Crippen molar-refractivity contribution in [2.45, 2.75) is 51.7 Å². The minimum Gasteiger partial charge on any atom is -0.481 e. The van der Waals surface area contributed by atoms with Gasteiger partial charge < -0.3 is 44.9 Å². The van der Waals surface area contributed by atoms with Gasteiger partial charge in [-0.2, -0.15) is 9.97 Å². The number of aliphatic hydroxyl groups excluding tert-OH is 1. The van der Waals surface area contributed by atoms with Crippen LogP contribution in [0, 0.1) is 0 Å². The van der Waals surface area contributed by atoms with E-state index in [-0.39, 0.29) is 32.6 Å². The van der Waals surface area contributed by atoms with Crippen LogP contribution in [-0.2, 0) is 35.9 Å². The largest absolute Gasteiger partial charge is 0.481 e. The van der Waals surface area contributed by atoms with Crippen LogP contribution in [0.2, 0.25) is 10.0 Å². The van der Waals surface area contributed by atoms with Gasteiger partial charge in [-0.25, -0.2) is 0 Å². The number of methoxy groups -OCH3 is 2. The summed E-state index contributed by atoms with van der Waals surface area (Å²) in [5, 5.41) is 34.5. The first-order valence-electron chi connectivity index (χ1n) is 16.0. The van der Waals surface area contributed by atoms with E-state index < -0.39 is 18.0 Å². The number of carboxylic acids is 2. The average Bonchev–Trinajstić information content (AvgIpc) is 3.11. The summed E-state index contributed by atoms with van der Waals surface area (Å²) in [7, 11) is 3.01. The van der Waals surface area contributed by atoms with E-state index in [0.717, 1.165) is 11.1 Å². The Morgan fingerprint density at radius 3 is 1.71 bits per heavy atom. The first-order valence-corrected chi connectivity index (χ1v) is 16.8. The Hall–Kier alpha value is -4.66. The van der Waals surface area contributed by atoms with Crippen molar-refractivity contribution in [3.8, 4) is 34.6 Å². The number of rotatable bonds is 21. The summed E-state index contributed by atoms with van der Waals surface area (Å²) in [6.07, 6.45) is -0.747. The first kappa shape index (κ1) is 39.1. The molecule has 0 unspecified atom stereocenters. The summed E-state index contributed by atoms with van der Waals surface area (Å²) >= 11 is 13.8. The lowest BCUT2D eigenvalue weighted by atomic mass is 10.0. The Balaban J connectivity index is 1.38. The molecular formula is C36H40Cl2N4O9. The van der Waals surface area contributed by atoms with Crippen LogP contribution in [0.4, 0.5) is 0 Å². The molecule has 1 atom stereocenters. The van der Waals surface area contributed by atoms with E-state index >= 15 is 0 Å². The highest BCUT2D eigenvalue weighted by atomic mass is 35.5. The maximum atomic E-state index is 10.8. The molecule has 0 aliphatic heterocycles. The second kappa shape index (κ2) is 19.7. The number of ether oxygens (including phenoxy) is 4. The van der Waals surface area contributed by atoms with E-state index in [1.807, 2.05) is 42.5 Å². The zero-order chi connectivity index (χ0) is 36.8. The van der Waals surface area contributed by atoms with Crippen LogP contribution in [0.1, 0.15) is 41.5 Å². The SMILES string of the molecule is COc1nc(OCc2cccc(-c3cccc(COc4ccc(CNC[C@@H](O)CC(=O)O)c(OC)n4)c3Cl)c2Cl)ccc1CNCCCC(=O)O. The van der Waals surface area contributed by atoms with Crippen LogP contribution >= 0.6 is 23.2 Å². The molecule has 13 nitrogen and oxygen atoms in total. The van der Waals surface area contributed by atoms with Crippen molar-refractivity contribution >= 4 is 35.1 Å². The third-order valence-electron chi connectivity index (χ3n) is 7.58. The zero-order valence-corrected chi connectivity index (χ0v) is 29.7. The van der Waals surface area contributed by atoms with Crippen LogP contribution in [-0.4, -0.2) is 70.6 Å². The van der Waals surface area contributed by atoms with Crippen molar-refractivity contribution < 1.29 is 43.9 Å². The highest BCUT2D eigenvalue weighted by Crippen LogP contribution is 2.37. The van der Waals surface area contributed by atoms with Gasteiger partial charge in [0.05, 0.1) is 36.8 Å². The predicted octanol–water partition coefficient (Wildman–Crippen LogP) is 5.51. The molecule has 2 aromatic heterocycles. The third kappa shape index (κ3) is 11.7. The number of nitrogens with zero attached hydrogens (tertiary/aromatic N) is 2. The van der Waals surface area contributed by atoms with Crippen molar-refractivity contribution in [3.63, 3.8) is 0 Å². The molecule has 4 rings (SSSR count). The van der Waals surface area contributed by atoms with Gasteiger partial charge in [-0.15, -0.1) is 0 Å². The topological polar surface area (TPSA) is 182 Å². The summed E-state index contributed by atoms with van der Waals surface area (Å²) in [5.74, 6) is -0.517. The summed E-state index contributed by atoms with van der Waals surface area (Å²) in [6.45, 7) is 1.67. The van der Waals surface area contributed by atoms with Crippen molar-refractivity contribution in [1.29, 1.82) is 0 Å². The number of benzene rings is 2. The molecule has 0 saturated heterocycles. The van der Waals surface area contributed by atoms with E-state index in [9.17, 15) is 14.7 Å². The Morgan fingerprint density at radius 2 is 1.24 bits per heavy atom. The Labute approximate surface area is 305 Å². The van der Waals surface area contributed by atoms with Gasteiger partial charge in [-0.05, 0) is 25.1 Å². The quantitative estimate of drug-likeness (QED) is 0.0676. The Kier molecular flexibility index (Phi) is 15.1. The lowest BCUT2D eigenvalue weighted by molar-refractivity contribution is -0.139. The number of hydrogen-bond acceptors (Lipinski definition) is 11. The number of aliphatic hydroxyl groups is 1. The molecule has 0 radical (unpaired) electrons. The fourth-order valence-electron chi connectivity index (χ4n) is 5.02. The highest BCUT2D eigenvalue weighted by Gasteiger charge is 2.16. The number of pyridine rings is 2. The summed E-state index contributed by atoms with van der Waals surface area (Å²) < 4.78 is 22.8. The number of nitrogens with one attached hydrogen (secondary N) is 2. The van der Waals surface area contributed by atoms with Crippen molar-refractivity contribution in [2.75, 3.05) is 27.3 Å². The fourth-order valence-corrected chi connectivity index (χ4v) is 5.59. The average molecular weight is 744 g/mol. The number of hydrogen-bond donors (Lipinski definition) is 5. The third-order valence-corrected chi connectivity index (χ3v) is 8.47. The number of carboxylic acid groups (broad SMARTS) is 2. The molecule has 15 heteroatoms. The molecule has 0 saturated carbocycles. The van der Waals surface area contributed by atoms with Gasteiger partial charge in [0.15, 0.2) is 0 Å². The molecule has 2 heterocycles. The van der Waals surface area contributed by atoms with Crippen LogP contribution in [0.5, 0.6) is 23.5 Å².